The number of benzene rings is 1. The summed E-state index contributed by atoms with van der Waals surface area (Å²) in [7, 11) is 1.41. The van der Waals surface area contributed by atoms with Crippen molar-refractivity contribution in [3.8, 4) is 6.07 Å². The molecule has 138 valence electrons. The number of hydrogen-bond acceptors (Lipinski definition) is 8. The van der Waals surface area contributed by atoms with E-state index in [0.717, 1.165) is 17.9 Å². The minimum Gasteiger partial charge on any atom is -0.382 e. The molecule has 1 aliphatic rings. The molecule has 2 aromatic rings. The van der Waals surface area contributed by atoms with Crippen molar-refractivity contribution < 1.29 is 9.18 Å². The Balaban J connectivity index is 2.02. The maximum Gasteiger partial charge on any atom is 0.343 e. The zero-order valence-corrected chi connectivity index (χ0v) is 14.3. The van der Waals surface area contributed by atoms with Crippen LogP contribution in [0, 0.1) is 22.7 Å². The van der Waals surface area contributed by atoms with Gasteiger partial charge in [0.1, 0.15) is 23.3 Å². The lowest BCUT2D eigenvalue weighted by Gasteiger charge is -2.20. The van der Waals surface area contributed by atoms with Crippen molar-refractivity contribution >= 4 is 29.2 Å². The van der Waals surface area contributed by atoms with Crippen molar-refractivity contribution in [2.75, 3.05) is 23.1 Å². The summed E-state index contributed by atoms with van der Waals surface area (Å²) in [5.41, 5.74) is 13.9. The van der Waals surface area contributed by atoms with Crippen LogP contribution in [-0.4, -0.2) is 23.0 Å². The van der Waals surface area contributed by atoms with E-state index in [2.05, 4.69) is 25.8 Å². The van der Waals surface area contributed by atoms with Crippen molar-refractivity contribution in [1.82, 2.24) is 15.3 Å². The number of anilines is 4. The molecule has 3 rings (SSSR count). The fourth-order valence-corrected chi connectivity index (χ4v) is 2.55. The number of rotatable bonds is 5. The number of nitrogen functional groups attached to an aromatic ring is 1. The molecule has 1 aromatic carbocycles. The zero-order chi connectivity index (χ0) is 19.6. The Kier molecular flexibility index (Phi) is 4.80. The van der Waals surface area contributed by atoms with Gasteiger partial charge in [-0.15, -0.1) is 0 Å². The topological polar surface area (TPSA) is 156 Å². The highest BCUT2D eigenvalue weighted by Gasteiger charge is 2.31. The Morgan fingerprint density at radius 3 is 2.81 bits per heavy atom. The minimum absolute atomic E-state index is 0.00942. The number of nitrogens with one attached hydrogen (secondary N) is 3. The lowest BCUT2D eigenvalue weighted by atomic mass is 10.1. The average Bonchev–Trinajstić information content (AvgIpc) is 3.49. The average molecular weight is 369 g/mol. The van der Waals surface area contributed by atoms with E-state index in [1.165, 1.54) is 25.4 Å². The van der Waals surface area contributed by atoms with Gasteiger partial charge in [-0.25, -0.2) is 14.2 Å². The molecule has 1 saturated carbocycles. The molecular weight excluding hydrogens is 353 g/mol. The lowest BCUT2D eigenvalue weighted by molar-refractivity contribution is 0.248. The number of aromatic nitrogens is 2. The quantitative estimate of drug-likeness (QED) is 0.469. The van der Waals surface area contributed by atoms with Gasteiger partial charge in [-0.3, -0.25) is 0 Å². The van der Waals surface area contributed by atoms with E-state index in [-0.39, 0.29) is 34.6 Å². The van der Waals surface area contributed by atoms with Crippen LogP contribution in [-0.2, 0) is 0 Å². The van der Waals surface area contributed by atoms with Gasteiger partial charge in [0.15, 0.2) is 0 Å². The monoisotopic (exact) mass is 369 g/mol. The van der Waals surface area contributed by atoms with E-state index in [1.807, 2.05) is 6.07 Å². The van der Waals surface area contributed by atoms with Gasteiger partial charge in [0.2, 0.25) is 5.95 Å². The van der Waals surface area contributed by atoms with Crippen molar-refractivity contribution in [2.45, 2.75) is 18.8 Å². The van der Waals surface area contributed by atoms with Crippen LogP contribution in [0.25, 0.3) is 0 Å². The van der Waals surface area contributed by atoms with Gasteiger partial charge in [-0.05, 0) is 36.5 Å². The highest BCUT2D eigenvalue weighted by atomic mass is 19.1. The predicted molar refractivity (Wildman–Crippen MR) is 94.9 cm³/mol. The summed E-state index contributed by atoms with van der Waals surface area (Å²) in [5.74, 6) is -0.517. The molecule has 0 bridgehead atoms. The summed E-state index contributed by atoms with van der Waals surface area (Å²) in [5, 5.41) is 18.0. The van der Waals surface area contributed by atoms with Gasteiger partial charge in [0.05, 0.1) is 17.6 Å². The first-order valence-corrected chi connectivity index (χ1v) is 8.00. The second kappa shape index (κ2) is 7.20. The summed E-state index contributed by atoms with van der Waals surface area (Å²) in [4.78, 5) is 19.9. The van der Waals surface area contributed by atoms with E-state index in [9.17, 15) is 9.18 Å². The van der Waals surface area contributed by atoms with Crippen LogP contribution in [0.2, 0.25) is 0 Å². The molecule has 0 aliphatic heterocycles. The molecule has 10 nitrogen and oxygen atoms in total. The summed E-state index contributed by atoms with van der Waals surface area (Å²) in [6.45, 7) is 0. The molecule has 11 heteroatoms. The lowest BCUT2D eigenvalue weighted by Crippen LogP contribution is -2.34. The predicted octanol–water partition coefficient (Wildman–Crippen LogP) is 2.78. The maximum absolute atomic E-state index is 14.6. The molecule has 0 spiro atoms. The summed E-state index contributed by atoms with van der Waals surface area (Å²) >= 11 is 0. The minimum atomic E-state index is -0.622. The fourth-order valence-electron chi connectivity index (χ4n) is 2.55. The normalized spacial score (nSPS) is 12.8. The molecule has 0 radical (unpaired) electrons. The number of nitrogens with zero attached hydrogens (tertiary/aromatic N) is 5. The van der Waals surface area contributed by atoms with Gasteiger partial charge >= 0.3 is 6.03 Å². The van der Waals surface area contributed by atoms with E-state index in [4.69, 9.17) is 16.5 Å². The molecule has 1 fully saturated rings. The van der Waals surface area contributed by atoms with Crippen LogP contribution in [0.4, 0.5) is 32.3 Å². The van der Waals surface area contributed by atoms with E-state index < -0.39 is 11.8 Å². The van der Waals surface area contributed by atoms with Crippen molar-refractivity contribution in [3.05, 3.63) is 35.3 Å². The second-order valence-electron chi connectivity index (χ2n) is 5.86. The van der Waals surface area contributed by atoms with Crippen LogP contribution < -0.4 is 21.4 Å². The molecule has 27 heavy (non-hydrogen) atoms. The Bertz CT molecular complexity index is 952. The Hall–Kier alpha value is -3.81. The third-order valence-electron chi connectivity index (χ3n) is 4.05. The van der Waals surface area contributed by atoms with Gasteiger partial charge in [-0.1, -0.05) is 5.22 Å². The molecule has 1 aliphatic carbocycles. The highest BCUT2D eigenvalue weighted by Crippen LogP contribution is 2.46. The molecule has 5 N–H and O–H groups in total. The van der Waals surface area contributed by atoms with Crippen LogP contribution >= 0.6 is 0 Å². The Morgan fingerprint density at radius 1 is 1.52 bits per heavy atom. The largest absolute Gasteiger partial charge is 0.382 e. The SMILES string of the molecule is CNC(=O)N(N=N)c1cc(Nc2ncc(C#N)c(N)n2)c(F)cc1C1CC1. The first-order chi connectivity index (χ1) is 13.0. The zero-order valence-electron chi connectivity index (χ0n) is 14.3. The van der Waals surface area contributed by atoms with Crippen LogP contribution in [0.3, 0.4) is 0 Å². The summed E-state index contributed by atoms with van der Waals surface area (Å²) in [6, 6.07) is 3.90. The molecule has 2 amide bonds. The number of nitrogens with two attached hydrogens (primary N) is 1. The Morgan fingerprint density at radius 2 is 2.26 bits per heavy atom. The molecular formula is C16H16FN9O. The first-order valence-electron chi connectivity index (χ1n) is 8.00. The van der Waals surface area contributed by atoms with Gasteiger partial charge in [-0.2, -0.15) is 20.8 Å². The smallest absolute Gasteiger partial charge is 0.343 e. The van der Waals surface area contributed by atoms with E-state index >= 15 is 0 Å². The number of carbonyl (C=O) groups excluding carboxylic acids is 1. The van der Waals surface area contributed by atoms with Crippen molar-refractivity contribution in [2.24, 2.45) is 5.22 Å². The van der Waals surface area contributed by atoms with Crippen LogP contribution in [0.15, 0.2) is 23.6 Å². The number of nitriles is 1. The number of hydrogen-bond donors (Lipinski definition) is 4. The third-order valence-corrected chi connectivity index (χ3v) is 4.05. The van der Waals surface area contributed by atoms with Gasteiger partial charge in [0, 0.05) is 7.05 Å². The highest BCUT2D eigenvalue weighted by molar-refractivity contribution is 5.92. The van der Waals surface area contributed by atoms with Crippen molar-refractivity contribution in [1.29, 1.82) is 10.8 Å². The molecule has 0 atom stereocenters. The van der Waals surface area contributed by atoms with Crippen LogP contribution in [0.1, 0.15) is 29.9 Å². The van der Waals surface area contributed by atoms with Crippen molar-refractivity contribution in [3.63, 3.8) is 0 Å². The van der Waals surface area contributed by atoms with E-state index in [1.54, 1.807) is 0 Å². The molecule has 0 saturated heterocycles. The standard InChI is InChI=1S/C16H16FN9O/c1-21-16(27)26(25-20)13-5-12(11(17)4-10(13)8-2-3-8)23-15-22-7-9(6-18)14(19)24-15/h4-5,7-8,20H,2-3H2,1H3,(H,21,27)(H3,19,22,23,24). The number of carbonyl (C=O) groups is 1. The second-order valence-corrected chi connectivity index (χ2v) is 5.86. The van der Waals surface area contributed by atoms with E-state index in [0.29, 0.717) is 5.56 Å². The fraction of sp³-hybridized carbons (Fsp3) is 0.250. The summed E-state index contributed by atoms with van der Waals surface area (Å²) < 4.78 is 14.6. The third kappa shape index (κ3) is 3.59. The number of halogens is 1. The molecule has 1 aromatic heterocycles. The number of urea groups is 1. The molecule has 0 unspecified atom stereocenters. The van der Waals surface area contributed by atoms with Gasteiger partial charge < -0.3 is 16.4 Å². The van der Waals surface area contributed by atoms with Gasteiger partial charge in [0.25, 0.3) is 0 Å². The first kappa shape index (κ1) is 18.0. The maximum atomic E-state index is 14.6. The van der Waals surface area contributed by atoms with Crippen LogP contribution in [0.5, 0.6) is 0 Å². The number of amides is 2. The molecule has 1 heterocycles. The summed E-state index contributed by atoms with van der Waals surface area (Å²) in [6.07, 6.45) is 2.96. The Labute approximate surface area is 153 Å².